The van der Waals surface area contributed by atoms with Crippen molar-refractivity contribution in [1.82, 2.24) is 0 Å². The van der Waals surface area contributed by atoms with E-state index in [9.17, 15) is 53.1 Å². The van der Waals surface area contributed by atoms with Gasteiger partial charge in [-0.25, -0.2) is 4.79 Å². The molecule has 0 fully saturated rings. The maximum Gasteiger partial charge on any atom is 0.464 e. The highest BCUT2D eigenvalue weighted by molar-refractivity contribution is 7.86. The van der Waals surface area contributed by atoms with Crippen LogP contribution < -0.4 is 0 Å². The predicted octanol–water partition coefficient (Wildman–Crippen LogP) is 3.61. The predicted molar refractivity (Wildman–Crippen MR) is 92.3 cm³/mol. The van der Waals surface area contributed by atoms with Crippen LogP contribution >= 0.6 is 0 Å². The van der Waals surface area contributed by atoms with Crippen LogP contribution in [-0.2, 0) is 35.6 Å². The van der Waals surface area contributed by atoms with Crippen LogP contribution in [-0.4, -0.2) is 54.7 Å². The third-order valence-corrected chi connectivity index (χ3v) is 4.81. The van der Waals surface area contributed by atoms with E-state index in [4.69, 9.17) is 4.55 Å². The highest BCUT2D eigenvalue weighted by Crippen LogP contribution is 2.39. The van der Waals surface area contributed by atoms with Crippen molar-refractivity contribution >= 4 is 21.9 Å². The first-order valence-corrected chi connectivity index (χ1v) is 9.81. The van der Waals surface area contributed by atoms with Crippen molar-refractivity contribution in [1.29, 1.82) is 0 Å². The lowest BCUT2D eigenvalue weighted by Gasteiger charge is -2.34. The van der Waals surface area contributed by atoms with E-state index in [1.54, 1.807) is 0 Å². The summed E-state index contributed by atoms with van der Waals surface area (Å²) in [4.78, 5) is 24.1. The number of carbonyl (C=O) groups excluding carboxylic acids is 2. The molecule has 0 aliphatic heterocycles. The first-order valence-electron chi connectivity index (χ1n) is 8.37. The first kappa shape index (κ1) is 28.4. The fourth-order valence-electron chi connectivity index (χ4n) is 2.11. The van der Waals surface area contributed by atoms with E-state index in [0.29, 0.717) is 0 Å². The molecule has 0 aromatic heterocycles. The van der Waals surface area contributed by atoms with Crippen molar-refractivity contribution in [2.24, 2.45) is 0 Å². The van der Waals surface area contributed by atoms with Crippen LogP contribution in [0, 0.1) is 0 Å². The summed E-state index contributed by atoms with van der Waals surface area (Å²) in [6.45, 7) is 0.220. The van der Waals surface area contributed by atoms with Gasteiger partial charge in [0.05, 0.1) is 13.0 Å². The molecular formula is C17H14F8O7S. The molecule has 0 heterocycles. The Balaban J connectivity index is 3.41. The Morgan fingerprint density at radius 2 is 1.48 bits per heavy atom. The molecule has 0 spiro atoms. The first-order chi connectivity index (χ1) is 14.7. The number of benzene rings is 1. The van der Waals surface area contributed by atoms with Gasteiger partial charge in [0, 0.05) is 6.42 Å². The molecule has 0 radical (unpaired) electrons. The van der Waals surface area contributed by atoms with E-state index in [0.717, 1.165) is 12.1 Å². The fourth-order valence-corrected chi connectivity index (χ4v) is 2.45. The van der Waals surface area contributed by atoms with Crippen LogP contribution in [0.2, 0.25) is 0 Å². The minimum Gasteiger partial charge on any atom is -0.413 e. The Hall–Kier alpha value is -2.59. The maximum atomic E-state index is 13.8. The largest absolute Gasteiger partial charge is 0.464 e. The molecule has 1 rings (SSSR count). The van der Waals surface area contributed by atoms with Crippen molar-refractivity contribution < 1.29 is 67.2 Å². The molecular weight excluding hydrogens is 500 g/mol. The van der Waals surface area contributed by atoms with Crippen LogP contribution in [0.5, 0.6) is 0 Å². The van der Waals surface area contributed by atoms with Crippen LogP contribution in [0.4, 0.5) is 35.1 Å². The van der Waals surface area contributed by atoms with Gasteiger partial charge in [-0.15, -0.1) is 0 Å². The van der Waals surface area contributed by atoms with Gasteiger partial charge < -0.3 is 9.47 Å². The number of halogens is 8. The van der Waals surface area contributed by atoms with E-state index in [1.807, 2.05) is 0 Å². The lowest BCUT2D eigenvalue weighted by Crippen LogP contribution is -2.58. The van der Waals surface area contributed by atoms with E-state index >= 15 is 0 Å². The van der Waals surface area contributed by atoms with E-state index < -0.39 is 70.3 Å². The Kier molecular flexibility index (Phi) is 8.38. The highest BCUT2D eigenvalue weighted by atomic mass is 32.2. The van der Waals surface area contributed by atoms with Crippen LogP contribution in [0.1, 0.15) is 12.0 Å². The molecule has 1 unspecified atom stereocenters. The van der Waals surface area contributed by atoms with Crippen molar-refractivity contribution in [3.05, 3.63) is 48.0 Å². The van der Waals surface area contributed by atoms with Crippen molar-refractivity contribution in [3.63, 3.8) is 0 Å². The molecule has 1 aromatic carbocycles. The Morgan fingerprint density at radius 3 is 1.91 bits per heavy atom. The van der Waals surface area contributed by atoms with Gasteiger partial charge in [0.15, 0.2) is 0 Å². The van der Waals surface area contributed by atoms with Crippen molar-refractivity contribution in [2.75, 3.05) is 6.61 Å². The number of ether oxygens (including phenoxy) is 2. The summed E-state index contributed by atoms with van der Waals surface area (Å²) in [6.07, 6.45) is -15.1. The quantitative estimate of drug-likeness (QED) is 0.167. The smallest absolute Gasteiger partial charge is 0.413 e. The number of carbonyl (C=O) groups is 2. The Labute approximate surface area is 180 Å². The molecule has 0 aliphatic carbocycles. The minimum atomic E-state index is -6.13. The summed E-state index contributed by atoms with van der Waals surface area (Å²) in [6, 6.07) is 6.15. The van der Waals surface area contributed by atoms with E-state index in [-0.39, 0.29) is 5.56 Å². The summed E-state index contributed by atoms with van der Waals surface area (Å²) in [5.74, 6) is -9.87. The molecule has 1 N–H and O–H groups in total. The lowest BCUT2D eigenvalue weighted by atomic mass is 10.0. The SMILES string of the molecule is C=C(C(=O)OC(OCCC(F)(F)S(=O)(=O)O)(C(=O)Cc1ccccc1)C(F)(F)F)C(F)(F)F. The van der Waals surface area contributed by atoms with Gasteiger partial charge >= 0.3 is 39.5 Å². The average molecular weight is 514 g/mol. The minimum absolute atomic E-state index is 0.159. The number of rotatable bonds is 10. The molecule has 0 saturated heterocycles. The van der Waals surface area contributed by atoms with E-state index in [2.05, 4.69) is 16.1 Å². The highest BCUT2D eigenvalue weighted by Gasteiger charge is 2.66. The fraction of sp³-hybridized carbons (Fsp3) is 0.412. The number of hydrogen-bond acceptors (Lipinski definition) is 6. The maximum absolute atomic E-state index is 13.8. The second kappa shape index (κ2) is 9.72. The standard InChI is InChI=1S/C17H14F8O7S/c1-10(16(20,21)22)13(27)32-15(17(23,24)25,12(26)9-11-5-3-2-4-6-11)31-8-7-14(18,19)33(28,29)30/h2-6H,1,7-9H2,(H,28,29,30). The molecule has 7 nitrogen and oxygen atoms in total. The number of Topliss-reactive ketones (excluding diaryl/α,β-unsaturated/α-hetero) is 1. The summed E-state index contributed by atoms with van der Waals surface area (Å²) in [7, 11) is -6.13. The second-order valence-corrected chi connectivity index (χ2v) is 7.82. The molecule has 33 heavy (non-hydrogen) atoms. The molecule has 0 amide bonds. The van der Waals surface area contributed by atoms with Gasteiger partial charge in [-0.3, -0.25) is 9.35 Å². The average Bonchev–Trinajstić information content (AvgIpc) is 2.64. The topological polar surface area (TPSA) is 107 Å². The lowest BCUT2D eigenvalue weighted by molar-refractivity contribution is -0.347. The monoisotopic (exact) mass is 514 g/mol. The summed E-state index contributed by atoms with van der Waals surface area (Å²) in [5.41, 5.74) is -2.64. The molecule has 0 aliphatic rings. The molecule has 186 valence electrons. The number of hydrogen-bond donors (Lipinski definition) is 1. The third-order valence-electron chi connectivity index (χ3n) is 3.85. The van der Waals surface area contributed by atoms with Crippen LogP contribution in [0.25, 0.3) is 0 Å². The van der Waals surface area contributed by atoms with Crippen molar-refractivity contribution in [3.8, 4) is 0 Å². The van der Waals surface area contributed by atoms with E-state index in [1.165, 1.54) is 18.2 Å². The molecule has 16 heteroatoms. The van der Waals surface area contributed by atoms with Gasteiger partial charge in [-0.2, -0.15) is 43.5 Å². The van der Waals surface area contributed by atoms with Crippen LogP contribution in [0.3, 0.4) is 0 Å². The Bertz CT molecular complexity index is 987. The Morgan fingerprint density at radius 1 is 0.970 bits per heavy atom. The number of ketones is 1. The van der Waals surface area contributed by atoms with Gasteiger partial charge in [-0.05, 0) is 5.56 Å². The number of esters is 1. The van der Waals surface area contributed by atoms with Gasteiger partial charge in [-0.1, -0.05) is 36.9 Å². The third kappa shape index (κ3) is 6.94. The normalized spacial score (nSPS) is 14.9. The second-order valence-electron chi connectivity index (χ2n) is 6.28. The molecule has 0 bridgehead atoms. The zero-order chi connectivity index (χ0) is 25.9. The molecule has 0 saturated carbocycles. The summed E-state index contributed by atoms with van der Waals surface area (Å²) in [5, 5.41) is -5.06. The number of alkyl halides is 8. The van der Waals surface area contributed by atoms with Gasteiger partial charge in [0.2, 0.25) is 5.78 Å². The summed E-state index contributed by atoms with van der Waals surface area (Å²) >= 11 is 0. The van der Waals surface area contributed by atoms with Crippen molar-refractivity contribution in [2.45, 2.75) is 36.2 Å². The zero-order valence-corrected chi connectivity index (χ0v) is 16.9. The molecule has 1 aromatic rings. The summed E-state index contributed by atoms with van der Waals surface area (Å²) < 4.78 is 143. The zero-order valence-electron chi connectivity index (χ0n) is 16.0. The van der Waals surface area contributed by atoms with Crippen LogP contribution in [0.15, 0.2) is 42.5 Å². The van der Waals surface area contributed by atoms with Gasteiger partial charge in [0.25, 0.3) is 0 Å². The van der Waals surface area contributed by atoms with Gasteiger partial charge in [0.1, 0.15) is 5.57 Å². The molecule has 1 atom stereocenters.